The highest BCUT2D eigenvalue weighted by Gasteiger charge is 2.43. The van der Waals surface area contributed by atoms with Crippen molar-refractivity contribution in [2.24, 2.45) is 0 Å². The highest BCUT2D eigenvalue weighted by atomic mass is 16.4. The van der Waals surface area contributed by atoms with Gasteiger partial charge in [0.1, 0.15) is 0 Å². The fraction of sp³-hybridized carbons (Fsp3) is 0.500. The maximum Gasteiger partial charge on any atom is 0.314 e. The van der Waals surface area contributed by atoms with E-state index in [1.54, 1.807) is 6.20 Å². The molecule has 0 bridgehead atoms. The van der Waals surface area contributed by atoms with E-state index >= 15 is 0 Å². The minimum absolute atomic E-state index is 0.668. The van der Waals surface area contributed by atoms with Gasteiger partial charge in [-0.3, -0.25) is 9.78 Å². The van der Waals surface area contributed by atoms with Crippen molar-refractivity contribution in [3.63, 3.8) is 0 Å². The highest BCUT2D eigenvalue weighted by molar-refractivity contribution is 5.82. The number of carboxylic acids is 1. The summed E-state index contributed by atoms with van der Waals surface area (Å²) in [5.41, 5.74) is 1.08. The van der Waals surface area contributed by atoms with Gasteiger partial charge in [-0.25, -0.2) is 0 Å². The molecule has 0 aliphatic heterocycles. The average molecular weight is 205 g/mol. The van der Waals surface area contributed by atoms with Crippen molar-refractivity contribution >= 4 is 5.97 Å². The first-order valence-corrected chi connectivity index (χ1v) is 5.32. The van der Waals surface area contributed by atoms with E-state index in [0.29, 0.717) is 0 Å². The van der Waals surface area contributed by atoms with Crippen LogP contribution < -0.4 is 0 Å². The van der Waals surface area contributed by atoms with Crippen LogP contribution in [0, 0.1) is 6.92 Å². The van der Waals surface area contributed by atoms with Crippen LogP contribution in [0.1, 0.15) is 36.9 Å². The minimum atomic E-state index is -0.698. The average Bonchev–Trinajstić information content (AvgIpc) is 2.68. The van der Waals surface area contributed by atoms with Crippen molar-refractivity contribution in [2.75, 3.05) is 0 Å². The number of aryl methyl sites for hydroxylation is 1. The van der Waals surface area contributed by atoms with Crippen molar-refractivity contribution in [2.45, 2.75) is 38.0 Å². The van der Waals surface area contributed by atoms with Crippen LogP contribution in [-0.2, 0) is 10.2 Å². The van der Waals surface area contributed by atoms with Crippen molar-refractivity contribution in [3.8, 4) is 0 Å². The Balaban J connectivity index is 2.50. The topological polar surface area (TPSA) is 50.2 Å². The number of carbonyl (C=O) groups is 1. The first-order chi connectivity index (χ1) is 7.17. The molecule has 0 atom stereocenters. The van der Waals surface area contributed by atoms with Gasteiger partial charge in [0.05, 0.1) is 5.41 Å². The molecule has 1 aliphatic rings. The zero-order valence-electron chi connectivity index (χ0n) is 8.86. The van der Waals surface area contributed by atoms with E-state index in [1.807, 2.05) is 19.1 Å². The van der Waals surface area contributed by atoms with Crippen molar-refractivity contribution in [1.29, 1.82) is 0 Å². The van der Waals surface area contributed by atoms with E-state index in [4.69, 9.17) is 0 Å². The predicted octanol–water partition coefficient (Wildman–Crippen LogP) is 2.29. The number of nitrogens with zero attached hydrogens (tertiary/aromatic N) is 1. The van der Waals surface area contributed by atoms with Gasteiger partial charge in [-0.1, -0.05) is 18.9 Å². The molecule has 0 saturated heterocycles. The lowest BCUT2D eigenvalue weighted by molar-refractivity contribution is -0.143. The maximum absolute atomic E-state index is 11.4. The van der Waals surface area contributed by atoms with E-state index in [2.05, 4.69) is 4.98 Å². The summed E-state index contributed by atoms with van der Waals surface area (Å²) in [4.78, 5) is 15.6. The molecule has 0 radical (unpaired) electrons. The van der Waals surface area contributed by atoms with E-state index in [-0.39, 0.29) is 0 Å². The molecule has 0 unspecified atom stereocenters. The Labute approximate surface area is 89.2 Å². The molecule has 15 heavy (non-hydrogen) atoms. The van der Waals surface area contributed by atoms with Gasteiger partial charge in [0, 0.05) is 11.9 Å². The second kappa shape index (κ2) is 3.65. The number of hydrogen-bond acceptors (Lipinski definition) is 2. The fourth-order valence-corrected chi connectivity index (χ4v) is 2.57. The summed E-state index contributed by atoms with van der Waals surface area (Å²) in [6, 6.07) is 3.73. The zero-order chi connectivity index (χ0) is 10.9. The van der Waals surface area contributed by atoms with Crippen LogP contribution in [0.2, 0.25) is 0 Å². The van der Waals surface area contributed by atoms with Crippen LogP contribution in [0.25, 0.3) is 0 Å². The smallest absolute Gasteiger partial charge is 0.314 e. The van der Waals surface area contributed by atoms with Gasteiger partial charge >= 0.3 is 5.97 Å². The van der Waals surface area contributed by atoms with Gasteiger partial charge in [-0.05, 0) is 31.4 Å². The van der Waals surface area contributed by atoms with Gasteiger partial charge in [0.25, 0.3) is 0 Å². The van der Waals surface area contributed by atoms with Crippen molar-refractivity contribution in [3.05, 3.63) is 29.6 Å². The Morgan fingerprint density at radius 1 is 1.47 bits per heavy atom. The Morgan fingerprint density at radius 3 is 2.67 bits per heavy atom. The summed E-state index contributed by atoms with van der Waals surface area (Å²) in [5.74, 6) is -0.698. The zero-order valence-corrected chi connectivity index (χ0v) is 8.86. The Hall–Kier alpha value is -1.38. The fourth-order valence-electron chi connectivity index (χ4n) is 2.57. The first-order valence-electron chi connectivity index (χ1n) is 5.32. The second-order valence-electron chi connectivity index (χ2n) is 4.23. The van der Waals surface area contributed by atoms with Gasteiger partial charge in [0.15, 0.2) is 0 Å². The summed E-state index contributed by atoms with van der Waals surface area (Å²) >= 11 is 0. The lowest BCUT2D eigenvalue weighted by Crippen LogP contribution is -2.33. The number of aliphatic carboxylic acids is 1. The highest BCUT2D eigenvalue weighted by Crippen LogP contribution is 2.42. The molecule has 1 aliphatic carbocycles. The van der Waals surface area contributed by atoms with E-state index in [0.717, 1.165) is 36.9 Å². The molecule has 0 aromatic carbocycles. The molecule has 1 saturated carbocycles. The Morgan fingerprint density at radius 2 is 2.13 bits per heavy atom. The number of carboxylic acid groups (broad SMARTS) is 1. The summed E-state index contributed by atoms with van der Waals surface area (Å²) in [7, 11) is 0. The standard InChI is InChI=1S/C12H15NO2/c1-9-10(5-4-8-13-9)12(11(14)15)6-2-3-7-12/h4-5,8H,2-3,6-7H2,1H3,(H,14,15). The molecular formula is C12H15NO2. The lowest BCUT2D eigenvalue weighted by Gasteiger charge is -2.25. The molecule has 0 amide bonds. The second-order valence-corrected chi connectivity index (χ2v) is 4.23. The van der Waals surface area contributed by atoms with Gasteiger partial charge < -0.3 is 5.11 Å². The van der Waals surface area contributed by atoms with Crippen molar-refractivity contribution < 1.29 is 9.90 Å². The monoisotopic (exact) mass is 205 g/mol. The van der Waals surface area contributed by atoms with Crippen LogP contribution in [0.3, 0.4) is 0 Å². The van der Waals surface area contributed by atoms with Crippen molar-refractivity contribution in [1.82, 2.24) is 4.98 Å². The first kappa shape index (κ1) is 10.1. The molecule has 1 fully saturated rings. The van der Waals surface area contributed by atoms with Crippen LogP contribution in [0.15, 0.2) is 18.3 Å². The molecule has 0 spiro atoms. The molecule has 3 nitrogen and oxygen atoms in total. The Kier molecular flexibility index (Phi) is 2.47. The quantitative estimate of drug-likeness (QED) is 0.805. The largest absolute Gasteiger partial charge is 0.481 e. The van der Waals surface area contributed by atoms with Gasteiger partial charge in [-0.2, -0.15) is 0 Å². The number of aromatic nitrogens is 1. The summed E-state index contributed by atoms with van der Waals surface area (Å²) < 4.78 is 0. The maximum atomic E-state index is 11.4. The van der Waals surface area contributed by atoms with Gasteiger partial charge in [-0.15, -0.1) is 0 Å². The van der Waals surface area contributed by atoms with Crippen LogP contribution in [0.5, 0.6) is 0 Å². The minimum Gasteiger partial charge on any atom is -0.481 e. The van der Waals surface area contributed by atoms with E-state index in [1.165, 1.54) is 0 Å². The summed E-state index contributed by atoms with van der Waals surface area (Å²) in [6.45, 7) is 1.89. The summed E-state index contributed by atoms with van der Waals surface area (Å²) in [6.07, 6.45) is 5.20. The summed E-state index contributed by atoms with van der Waals surface area (Å²) in [5, 5.41) is 9.41. The molecule has 1 N–H and O–H groups in total. The van der Waals surface area contributed by atoms with Gasteiger partial charge in [0.2, 0.25) is 0 Å². The normalized spacial score (nSPS) is 19.0. The van der Waals surface area contributed by atoms with E-state index in [9.17, 15) is 9.90 Å². The molecule has 1 heterocycles. The molecule has 80 valence electrons. The molecule has 3 heteroatoms. The van der Waals surface area contributed by atoms with Crippen LogP contribution >= 0.6 is 0 Å². The van der Waals surface area contributed by atoms with Crippen LogP contribution in [0.4, 0.5) is 0 Å². The third kappa shape index (κ3) is 1.52. The predicted molar refractivity (Wildman–Crippen MR) is 56.8 cm³/mol. The third-order valence-corrected chi connectivity index (χ3v) is 3.39. The van der Waals surface area contributed by atoms with E-state index < -0.39 is 11.4 Å². The SMILES string of the molecule is Cc1ncccc1C1(C(=O)O)CCCC1. The molecule has 2 rings (SSSR count). The number of rotatable bonds is 2. The number of hydrogen-bond donors (Lipinski definition) is 1. The molecule has 1 aromatic rings. The number of pyridine rings is 1. The molecule has 1 aromatic heterocycles. The third-order valence-electron chi connectivity index (χ3n) is 3.39. The molecular weight excluding hydrogens is 190 g/mol. The van der Waals surface area contributed by atoms with Crippen LogP contribution in [-0.4, -0.2) is 16.1 Å². The lowest BCUT2D eigenvalue weighted by atomic mass is 9.78. The Bertz CT molecular complexity index is 381.